The van der Waals surface area contributed by atoms with E-state index in [1.165, 1.54) is 0 Å². The van der Waals surface area contributed by atoms with Crippen LogP contribution in [0.2, 0.25) is 0 Å². The number of benzene rings is 1. The molecule has 3 rings (SSSR count). The molecule has 0 aliphatic heterocycles. The first-order valence-corrected chi connectivity index (χ1v) is 8.72. The number of carbonyl (C=O) groups is 2. The van der Waals surface area contributed by atoms with Gasteiger partial charge in [-0.2, -0.15) is 0 Å². The molecule has 2 aromatic heterocycles. The van der Waals surface area contributed by atoms with E-state index < -0.39 is 0 Å². The predicted octanol–water partition coefficient (Wildman–Crippen LogP) is 2.94. The Morgan fingerprint density at radius 2 is 2.00 bits per heavy atom. The van der Waals surface area contributed by atoms with Gasteiger partial charge in [-0.05, 0) is 44.5 Å². The zero-order chi connectivity index (χ0) is 18.5. The first-order valence-electron chi connectivity index (χ1n) is 8.72. The molecular formula is C20H22N4O2. The summed E-state index contributed by atoms with van der Waals surface area (Å²) in [5.41, 5.74) is 2.39. The van der Waals surface area contributed by atoms with E-state index in [0.717, 1.165) is 23.3 Å². The molecule has 26 heavy (non-hydrogen) atoms. The van der Waals surface area contributed by atoms with Crippen LogP contribution in [0.15, 0.2) is 48.8 Å². The maximum Gasteiger partial charge on any atom is 0.252 e. The van der Waals surface area contributed by atoms with Crippen LogP contribution in [0.1, 0.15) is 42.5 Å². The number of nitrogens with zero attached hydrogens (tertiary/aromatic N) is 3. The van der Waals surface area contributed by atoms with Crippen molar-refractivity contribution in [1.82, 2.24) is 19.9 Å². The van der Waals surface area contributed by atoms with E-state index in [1.807, 2.05) is 35.8 Å². The van der Waals surface area contributed by atoms with Gasteiger partial charge in [0, 0.05) is 25.4 Å². The van der Waals surface area contributed by atoms with E-state index in [1.54, 1.807) is 31.5 Å². The number of rotatable bonds is 7. The Bertz CT molecular complexity index is 918. The molecule has 3 aromatic rings. The highest BCUT2D eigenvalue weighted by Gasteiger charge is 2.18. The van der Waals surface area contributed by atoms with Crippen molar-refractivity contribution in [3.63, 3.8) is 0 Å². The van der Waals surface area contributed by atoms with E-state index >= 15 is 0 Å². The summed E-state index contributed by atoms with van der Waals surface area (Å²) in [4.78, 5) is 32.6. The van der Waals surface area contributed by atoms with Gasteiger partial charge in [0.25, 0.3) is 5.91 Å². The van der Waals surface area contributed by atoms with Crippen LogP contribution in [0.4, 0.5) is 0 Å². The average molecular weight is 350 g/mol. The third kappa shape index (κ3) is 3.79. The Morgan fingerprint density at radius 1 is 1.19 bits per heavy atom. The first kappa shape index (κ1) is 17.8. The van der Waals surface area contributed by atoms with Crippen LogP contribution >= 0.6 is 0 Å². The smallest absolute Gasteiger partial charge is 0.252 e. The Hall–Kier alpha value is -3.02. The number of nitrogens with one attached hydrogen (secondary N) is 1. The van der Waals surface area contributed by atoms with E-state index in [-0.39, 0.29) is 17.7 Å². The summed E-state index contributed by atoms with van der Waals surface area (Å²) < 4.78 is 2.00. The van der Waals surface area contributed by atoms with Gasteiger partial charge in [-0.15, -0.1) is 0 Å². The summed E-state index contributed by atoms with van der Waals surface area (Å²) in [6.45, 7) is 4.02. The lowest BCUT2D eigenvalue weighted by atomic mass is 10.2. The summed E-state index contributed by atoms with van der Waals surface area (Å²) >= 11 is 0. The van der Waals surface area contributed by atoms with Gasteiger partial charge in [0.15, 0.2) is 5.78 Å². The number of imidazole rings is 1. The normalized spacial score (nSPS) is 12.1. The number of hydrogen-bond donors (Lipinski definition) is 1. The van der Waals surface area contributed by atoms with Crippen molar-refractivity contribution in [1.29, 1.82) is 0 Å². The van der Waals surface area contributed by atoms with Crippen LogP contribution in [0.3, 0.4) is 0 Å². The van der Waals surface area contributed by atoms with Crippen LogP contribution in [0.25, 0.3) is 11.0 Å². The van der Waals surface area contributed by atoms with Gasteiger partial charge in [0.2, 0.25) is 0 Å². The van der Waals surface area contributed by atoms with Gasteiger partial charge < -0.3 is 9.88 Å². The van der Waals surface area contributed by atoms with Crippen molar-refractivity contribution in [3.8, 4) is 0 Å². The molecule has 1 amide bonds. The number of fused-ring (bicyclic) bond motifs is 1. The average Bonchev–Trinajstić information content (AvgIpc) is 3.03. The van der Waals surface area contributed by atoms with Gasteiger partial charge >= 0.3 is 0 Å². The van der Waals surface area contributed by atoms with Crippen molar-refractivity contribution in [2.24, 2.45) is 0 Å². The van der Waals surface area contributed by atoms with Gasteiger partial charge in [-0.1, -0.05) is 12.1 Å². The molecule has 6 heteroatoms. The van der Waals surface area contributed by atoms with E-state index in [4.69, 9.17) is 0 Å². The lowest BCUT2D eigenvalue weighted by molar-refractivity contribution is -0.119. The van der Waals surface area contributed by atoms with Gasteiger partial charge in [0.05, 0.1) is 22.6 Å². The minimum absolute atomic E-state index is 0.0966. The molecule has 0 aliphatic rings. The lowest BCUT2D eigenvalue weighted by Crippen LogP contribution is -2.25. The van der Waals surface area contributed by atoms with Crippen LogP contribution < -0.4 is 5.32 Å². The highest BCUT2D eigenvalue weighted by atomic mass is 16.1. The number of aryl methyl sites for hydroxylation is 1. The number of para-hydroxylation sites is 2. The minimum Gasteiger partial charge on any atom is -0.352 e. The van der Waals surface area contributed by atoms with Crippen LogP contribution in [-0.4, -0.2) is 32.8 Å². The summed E-state index contributed by atoms with van der Waals surface area (Å²) in [5, 5.41) is 2.89. The number of hydrogen-bond acceptors (Lipinski definition) is 4. The number of Topliss-reactive ketones (excluding diaryl/α,β-unsaturated/α-hetero) is 1. The van der Waals surface area contributed by atoms with Gasteiger partial charge in [0.1, 0.15) is 5.82 Å². The molecule has 2 heterocycles. The third-order valence-corrected chi connectivity index (χ3v) is 4.43. The molecule has 134 valence electrons. The molecule has 6 nitrogen and oxygen atoms in total. The van der Waals surface area contributed by atoms with Gasteiger partial charge in [-0.3, -0.25) is 14.6 Å². The maximum atomic E-state index is 12.0. The Balaban J connectivity index is 1.68. The molecule has 0 spiro atoms. The summed E-state index contributed by atoms with van der Waals surface area (Å²) in [7, 11) is 0. The maximum absolute atomic E-state index is 12.0. The topological polar surface area (TPSA) is 76.9 Å². The molecule has 0 saturated heterocycles. The second-order valence-corrected chi connectivity index (χ2v) is 6.27. The molecule has 0 radical (unpaired) electrons. The van der Waals surface area contributed by atoms with Crippen molar-refractivity contribution in [2.75, 3.05) is 6.54 Å². The third-order valence-electron chi connectivity index (χ3n) is 4.43. The van der Waals surface area contributed by atoms with Crippen molar-refractivity contribution >= 4 is 22.7 Å². The summed E-state index contributed by atoms with van der Waals surface area (Å²) in [6.07, 6.45) is 4.60. The quantitative estimate of drug-likeness (QED) is 0.665. The fourth-order valence-electron chi connectivity index (χ4n) is 2.93. The fraction of sp³-hybridized carbons (Fsp3) is 0.300. The van der Waals surface area contributed by atoms with E-state index in [9.17, 15) is 9.59 Å². The molecule has 0 fully saturated rings. The number of carbonyl (C=O) groups excluding carboxylic acids is 2. The monoisotopic (exact) mass is 350 g/mol. The Morgan fingerprint density at radius 3 is 2.73 bits per heavy atom. The molecule has 1 unspecified atom stereocenters. The van der Waals surface area contributed by atoms with Crippen LogP contribution in [0, 0.1) is 0 Å². The lowest BCUT2D eigenvalue weighted by Gasteiger charge is -2.15. The van der Waals surface area contributed by atoms with E-state index in [0.29, 0.717) is 18.5 Å². The SMILES string of the molecule is CC(=O)C(C)n1c(CCCNC(=O)c2cccnc2)nc2ccccc21. The zero-order valence-electron chi connectivity index (χ0n) is 15.0. The highest BCUT2D eigenvalue weighted by molar-refractivity contribution is 5.93. The molecule has 0 aliphatic carbocycles. The second-order valence-electron chi connectivity index (χ2n) is 6.27. The molecule has 0 bridgehead atoms. The van der Waals surface area contributed by atoms with Crippen LogP contribution in [-0.2, 0) is 11.2 Å². The predicted molar refractivity (Wildman–Crippen MR) is 100 cm³/mol. The highest BCUT2D eigenvalue weighted by Crippen LogP contribution is 2.22. The van der Waals surface area contributed by atoms with Crippen molar-refractivity contribution in [3.05, 3.63) is 60.2 Å². The molecule has 1 N–H and O–H groups in total. The standard InChI is InChI=1S/C20H22N4O2/c1-14(15(2)25)24-18-9-4-3-8-17(18)23-19(24)10-6-12-22-20(26)16-7-5-11-21-13-16/h3-5,7-9,11,13-14H,6,10,12H2,1-2H3,(H,22,26). The summed E-state index contributed by atoms with van der Waals surface area (Å²) in [5.74, 6) is 0.826. The van der Waals surface area contributed by atoms with Crippen LogP contribution in [0.5, 0.6) is 0 Å². The molecule has 1 aromatic carbocycles. The number of amides is 1. The number of aromatic nitrogens is 3. The first-order chi connectivity index (χ1) is 12.6. The zero-order valence-corrected chi connectivity index (χ0v) is 15.0. The van der Waals surface area contributed by atoms with E-state index in [2.05, 4.69) is 15.3 Å². The Kier molecular flexibility index (Phi) is 5.41. The second kappa shape index (κ2) is 7.91. The molecular weight excluding hydrogens is 328 g/mol. The molecule has 1 atom stereocenters. The van der Waals surface area contributed by atoms with Crippen molar-refractivity contribution in [2.45, 2.75) is 32.7 Å². The largest absolute Gasteiger partial charge is 0.352 e. The number of pyridine rings is 1. The minimum atomic E-state index is -0.262. The summed E-state index contributed by atoms with van der Waals surface area (Å²) in [6, 6.07) is 11.0. The Labute approximate surface area is 152 Å². The van der Waals surface area contributed by atoms with Gasteiger partial charge in [-0.25, -0.2) is 4.98 Å². The molecule has 0 saturated carbocycles. The number of ketones is 1. The van der Waals surface area contributed by atoms with Crippen molar-refractivity contribution < 1.29 is 9.59 Å². The fourth-order valence-corrected chi connectivity index (χ4v) is 2.93.